The smallest absolute Gasteiger partial charge is 0.163 e. The molecule has 0 amide bonds. The van der Waals surface area contributed by atoms with Crippen molar-refractivity contribution in [2.75, 3.05) is 33.4 Å². The van der Waals surface area contributed by atoms with Gasteiger partial charge in [0.05, 0.1) is 24.4 Å². The maximum absolute atomic E-state index is 9.68. The van der Waals surface area contributed by atoms with Crippen LogP contribution in [0.4, 0.5) is 0 Å². The first-order valence-corrected chi connectivity index (χ1v) is 11.5. The molecule has 5 rings (SSSR count). The van der Waals surface area contributed by atoms with Gasteiger partial charge in [0.2, 0.25) is 0 Å². The molecule has 0 aliphatic carbocycles. The molecule has 1 fully saturated rings. The average Bonchev–Trinajstić information content (AvgIpc) is 2.85. The maximum Gasteiger partial charge on any atom is 0.163 e. The number of likely N-dealkylation sites (tertiary alicyclic amines) is 1. The lowest BCUT2D eigenvalue weighted by Crippen LogP contribution is -2.38. The van der Waals surface area contributed by atoms with Crippen molar-refractivity contribution in [3.05, 3.63) is 54.5 Å². The number of pyridine rings is 3. The van der Waals surface area contributed by atoms with Gasteiger partial charge in [0.1, 0.15) is 18.1 Å². The van der Waals surface area contributed by atoms with Crippen molar-refractivity contribution in [2.24, 2.45) is 0 Å². The van der Waals surface area contributed by atoms with Gasteiger partial charge in [0, 0.05) is 48.9 Å². The van der Waals surface area contributed by atoms with Crippen molar-refractivity contribution < 1.29 is 19.3 Å². The van der Waals surface area contributed by atoms with Gasteiger partial charge in [-0.15, -0.1) is 0 Å². The normalized spacial score (nSPS) is 15.0. The Morgan fingerprint density at radius 1 is 1.00 bits per heavy atom. The van der Waals surface area contributed by atoms with E-state index in [9.17, 15) is 5.11 Å². The second kappa shape index (κ2) is 9.79. The number of hydrogen-bond donors (Lipinski definition) is 1. The standard InChI is InChI=1S/C26H28N4O4/c1-17-23(14-18-4-3-8-28-26(18)29-17)34-22-5-9-27-21-16-25(24(32-2)15-20(21)22)33-13-12-30-10-6-19(31)7-11-30/h3-5,8-9,14-16,19,31H,6-7,10-13H2,1-2H3. The zero-order valence-corrected chi connectivity index (χ0v) is 19.4. The first-order chi connectivity index (χ1) is 16.6. The summed E-state index contributed by atoms with van der Waals surface area (Å²) in [6.07, 6.45) is 4.90. The van der Waals surface area contributed by atoms with E-state index in [0.717, 1.165) is 54.5 Å². The molecule has 1 aliphatic rings. The molecule has 0 unspecified atom stereocenters. The summed E-state index contributed by atoms with van der Waals surface area (Å²) in [6, 6.07) is 11.4. The predicted molar refractivity (Wildman–Crippen MR) is 130 cm³/mol. The van der Waals surface area contributed by atoms with Crippen molar-refractivity contribution in [3.8, 4) is 23.0 Å². The Morgan fingerprint density at radius 2 is 1.85 bits per heavy atom. The van der Waals surface area contributed by atoms with Gasteiger partial charge in [0.25, 0.3) is 0 Å². The first kappa shape index (κ1) is 22.3. The predicted octanol–water partition coefficient (Wildman–Crippen LogP) is 4.12. The first-order valence-electron chi connectivity index (χ1n) is 11.5. The molecule has 1 aromatic carbocycles. The molecule has 176 valence electrons. The highest BCUT2D eigenvalue weighted by atomic mass is 16.5. The molecule has 1 aliphatic heterocycles. The number of aromatic nitrogens is 3. The minimum atomic E-state index is -0.175. The largest absolute Gasteiger partial charge is 0.493 e. The third kappa shape index (κ3) is 4.73. The van der Waals surface area contributed by atoms with Gasteiger partial charge in [-0.2, -0.15) is 0 Å². The van der Waals surface area contributed by atoms with Crippen LogP contribution in [0.5, 0.6) is 23.0 Å². The molecular weight excluding hydrogens is 432 g/mol. The van der Waals surface area contributed by atoms with E-state index >= 15 is 0 Å². The molecule has 1 saturated heterocycles. The van der Waals surface area contributed by atoms with Gasteiger partial charge in [0.15, 0.2) is 17.1 Å². The summed E-state index contributed by atoms with van der Waals surface area (Å²) in [5.41, 5.74) is 2.20. The van der Waals surface area contributed by atoms with E-state index in [1.807, 2.05) is 43.3 Å². The Hall–Kier alpha value is -3.49. The van der Waals surface area contributed by atoms with Crippen molar-refractivity contribution >= 4 is 21.9 Å². The minimum Gasteiger partial charge on any atom is -0.493 e. The number of methoxy groups -OCH3 is 1. The van der Waals surface area contributed by atoms with Crippen LogP contribution in [0, 0.1) is 6.92 Å². The summed E-state index contributed by atoms with van der Waals surface area (Å²) in [7, 11) is 1.63. The molecule has 0 radical (unpaired) electrons. The highest BCUT2D eigenvalue weighted by Gasteiger charge is 2.18. The van der Waals surface area contributed by atoms with E-state index in [2.05, 4.69) is 19.9 Å². The van der Waals surface area contributed by atoms with Crippen LogP contribution in [0.25, 0.3) is 21.9 Å². The third-order valence-corrected chi connectivity index (χ3v) is 6.16. The maximum atomic E-state index is 9.68. The van der Waals surface area contributed by atoms with Gasteiger partial charge >= 0.3 is 0 Å². The molecule has 8 heteroatoms. The van der Waals surface area contributed by atoms with E-state index in [0.29, 0.717) is 35.3 Å². The van der Waals surface area contributed by atoms with E-state index in [4.69, 9.17) is 14.2 Å². The number of ether oxygens (including phenoxy) is 3. The molecule has 4 heterocycles. The Bertz CT molecular complexity index is 1300. The fraction of sp³-hybridized carbons (Fsp3) is 0.346. The van der Waals surface area contributed by atoms with Crippen molar-refractivity contribution in [3.63, 3.8) is 0 Å². The quantitative estimate of drug-likeness (QED) is 0.441. The number of benzene rings is 1. The van der Waals surface area contributed by atoms with E-state index < -0.39 is 0 Å². The Kier molecular flexibility index (Phi) is 6.42. The molecular formula is C26H28N4O4. The van der Waals surface area contributed by atoms with Crippen LogP contribution in [0.3, 0.4) is 0 Å². The van der Waals surface area contributed by atoms with Crippen LogP contribution in [0.2, 0.25) is 0 Å². The molecule has 0 atom stereocenters. The lowest BCUT2D eigenvalue weighted by atomic mass is 10.1. The second-order valence-electron chi connectivity index (χ2n) is 8.47. The van der Waals surface area contributed by atoms with Gasteiger partial charge in [-0.3, -0.25) is 9.88 Å². The number of aryl methyl sites for hydroxylation is 1. The van der Waals surface area contributed by atoms with Crippen LogP contribution >= 0.6 is 0 Å². The van der Waals surface area contributed by atoms with Crippen molar-refractivity contribution in [1.29, 1.82) is 0 Å². The van der Waals surface area contributed by atoms with Crippen LogP contribution in [-0.4, -0.2) is 64.4 Å². The Balaban J connectivity index is 1.37. The Labute approximate surface area is 198 Å². The number of hydrogen-bond acceptors (Lipinski definition) is 8. The average molecular weight is 461 g/mol. The summed E-state index contributed by atoms with van der Waals surface area (Å²) < 4.78 is 18.0. The van der Waals surface area contributed by atoms with Crippen molar-refractivity contribution in [1.82, 2.24) is 19.9 Å². The molecule has 4 aromatic rings. The molecule has 0 bridgehead atoms. The lowest BCUT2D eigenvalue weighted by Gasteiger charge is -2.29. The summed E-state index contributed by atoms with van der Waals surface area (Å²) in [4.78, 5) is 15.7. The van der Waals surface area contributed by atoms with E-state index in [1.54, 1.807) is 19.5 Å². The highest BCUT2D eigenvalue weighted by molar-refractivity contribution is 5.88. The van der Waals surface area contributed by atoms with Gasteiger partial charge in [-0.05, 0) is 50.1 Å². The fourth-order valence-corrected chi connectivity index (χ4v) is 4.21. The Morgan fingerprint density at radius 3 is 2.68 bits per heavy atom. The zero-order valence-electron chi connectivity index (χ0n) is 19.4. The summed E-state index contributed by atoms with van der Waals surface area (Å²) in [5, 5.41) is 11.4. The van der Waals surface area contributed by atoms with E-state index in [-0.39, 0.29) is 6.10 Å². The summed E-state index contributed by atoms with van der Waals surface area (Å²) >= 11 is 0. The van der Waals surface area contributed by atoms with Gasteiger partial charge in [-0.1, -0.05) is 0 Å². The highest BCUT2D eigenvalue weighted by Crippen LogP contribution is 2.38. The number of nitrogens with zero attached hydrogens (tertiary/aromatic N) is 4. The fourth-order valence-electron chi connectivity index (χ4n) is 4.21. The molecule has 0 spiro atoms. The molecule has 34 heavy (non-hydrogen) atoms. The van der Waals surface area contributed by atoms with Crippen LogP contribution in [0.1, 0.15) is 18.5 Å². The second-order valence-corrected chi connectivity index (χ2v) is 8.47. The van der Waals surface area contributed by atoms with E-state index in [1.165, 1.54) is 0 Å². The van der Waals surface area contributed by atoms with Crippen LogP contribution in [-0.2, 0) is 0 Å². The number of aliphatic hydroxyl groups is 1. The zero-order chi connectivity index (χ0) is 23.5. The SMILES string of the molecule is COc1cc2c(Oc3cc4cccnc4nc3C)ccnc2cc1OCCN1CCC(O)CC1. The molecule has 1 N–H and O–H groups in total. The monoisotopic (exact) mass is 460 g/mol. The topological polar surface area (TPSA) is 89.8 Å². The van der Waals surface area contributed by atoms with Gasteiger partial charge < -0.3 is 19.3 Å². The summed E-state index contributed by atoms with van der Waals surface area (Å²) in [5.74, 6) is 2.59. The van der Waals surface area contributed by atoms with Gasteiger partial charge in [-0.25, -0.2) is 9.97 Å². The number of aliphatic hydroxyl groups excluding tert-OH is 1. The number of piperidine rings is 1. The minimum absolute atomic E-state index is 0.175. The number of fused-ring (bicyclic) bond motifs is 2. The van der Waals surface area contributed by atoms with Crippen LogP contribution in [0.15, 0.2) is 48.8 Å². The molecule has 0 saturated carbocycles. The number of rotatable bonds is 7. The third-order valence-electron chi connectivity index (χ3n) is 6.16. The molecule has 8 nitrogen and oxygen atoms in total. The summed E-state index contributed by atoms with van der Waals surface area (Å²) in [6.45, 7) is 5.02. The van der Waals surface area contributed by atoms with Crippen LogP contribution < -0.4 is 14.2 Å². The lowest BCUT2D eigenvalue weighted by molar-refractivity contribution is 0.0753. The van der Waals surface area contributed by atoms with Crippen molar-refractivity contribution in [2.45, 2.75) is 25.9 Å². The molecule has 3 aromatic heterocycles.